The molecule has 1 aromatic carbocycles. The normalized spacial score (nSPS) is 12.6. The quantitative estimate of drug-likeness (QED) is 0.830. The second-order valence-electron chi connectivity index (χ2n) is 4.93. The van der Waals surface area contributed by atoms with Gasteiger partial charge in [0.2, 0.25) is 0 Å². The van der Waals surface area contributed by atoms with E-state index in [0.717, 1.165) is 25.9 Å². The highest BCUT2D eigenvalue weighted by atomic mass is 79.9. The van der Waals surface area contributed by atoms with Gasteiger partial charge in [-0.25, -0.2) is 0 Å². The Morgan fingerprint density at radius 2 is 2.10 bits per heavy atom. The minimum Gasteiger partial charge on any atom is -0.310 e. The molecule has 0 amide bonds. The summed E-state index contributed by atoms with van der Waals surface area (Å²) in [6.07, 6.45) is 6.23. The van der Waals surface area contributed by atoms with Crippen molar-refractivity contribution in [2.24, 2.45) is 0 Å². The molecule has 0 bridgehead atoms. The zero-order valence-electron chi connectivity index (χ0n) is 12.1. The van der Waals surface area contributed by atoms with E-state index in [1.807, 2.05) is 10.9 Å². The van der Waals surface area contributed by atoms with Gasteiger partial charge in [0.15, 0.2) is 0 Å². The maximum absolute atomic E-state index is 4.39. The zero-order chi connectivity index (χ0) is 14.4. The number of hydrogen-bond acceptors (Lipinski definition) is 2. The van der Waals surface area contributed by atoms with Crippen LogP contribution >= 0.6 is 15.9 Å². The lowest BCUT2D eigenvalue weighted by Gasteiger charge is -2.18. The molecule has 0 fully saturated rings. The van der Waals surface area contributed by atoms with Gasteiger partial charge in [-0.15, -0.1) is 0 Å². The van der Waals surface area contributed by atoms with Crippen LogP contribution < -0.4 is 5.32 Å². The molecular formula is C16H22BrN3. The van der Waals surface area contributed by atoms with Crippen LogP contribution in [0.2, 0.25) is 0 Å². The van der Waals surface area contributed by atoms with Crippen molar-refractivity contribution in [1.82, 2.24) is 15.1 Å². The first-order chi connectivity index (χ1) is 9.74. The summed E-state index contributed by atoms with van der Waals surface area (Å²) in [6.45, 7) is 6.24. The van der Waals surface area contributed by atoms with Gasteiger partial charge in [0, 0.05) is 28.8 Å². The Morgan fingerprint density at radius 3 is 2.75 bits per heavy atom. The van der Waals surface area contributed by atoms with Gasteiger partial charge in [0.25, 0.3) is 0 Å². The highest BCUT2D eigenvalue weighted by molar-refractivity contribution is 9.10. The molecule has 0 saturated heterocycles. The largest absolute Gasteiger partial charge is 0.310 e. The maximum atomic E-state index is 4.39. The summed E-state index contributed by atoms with van der Waals surface area (Å²) in [7, 11) is 0. The summed E-state index contributed by atoms with van der Waals surface area (Å²) in [5, 5.41) is 8.02. The Balaban J connectivity index is 2.17. The molecule has 0 aliphatic rings. The molecule has 2 rings (SSSR count). The van der Waals surface area contributed by atoms with Crippen molar-refractivity contribution in [2.75, 3.05) is 6.54 Å². The molecule has 2 aromatic rings. The number of benzene rings is 1. The second-order valence-corrected chi connectivity index (χ2v) is 5.79. The minimum atomic E-state index is 0.314. The number of halogens is 1. The van der Waals surface area contributed by atoms with Crippen molar-refractivity contribution in [2.45, 2.75) is 39.3 Å². The molecule has 1 aromatic heterocycles. The minimum absolute atomic E-state index is 0.314. The van der Waals surface area contributed by atoms with Gasteiger partial charge >= 0.3 is 0 Å². The van der Waals surface area contributed by atoms with Crippen LogP contribution in [0.3, 0.4) is 0 Å². The van der Waals surface area contributed by atoms with Gasteiger partial charge in [-0.3, -0.25) is 4.68 Å². The predicted molar refractivity (Wildman–Crippen MR) is 86.8 cm³/mol. The van der Waals surface area contributed by atoms with Crippen LogP contribution in [-0.2, 0) is 13.0 Å². The first-order valence-corrected chi connectivity index (χ1v) is 8.03. The summed E-state index contributed by atoms with van der Waals surface area (Å²) in [5.41, 5.74) is 2.58. The van der Waals surface area contributed by atoms with E-state index in [1.165, 1.54) is 15.6 Å². The first-order valence-electron chi connectivity index (χ1n) is 7.23. The Hall–Kier alpha value is -1.13. The highest BCUT2D eigenvalue weighted by Crippen LogP contribution is 2.23. The molecule has 1 unspecified atom stereocenters. The van der Waals surface area contributed by atoms with E-state index in [9.17, 15) is 0 Å². The van der Waals surface area contributed by atoms with E-state index in [2.05, 4.69) is 70.7 Å². The van der Waals surface area contributed by atoms with Crippen LogP contribution in [0.15, 0.2) is 41.1 Å². The summed E-state index contributed by atoms with van der Waals surface area (Å²) < 4.78 is 3.15. The van der Waals surface area contributed by atoms with Crippen molar-refractivity contribution >= 4 is 15.9 Å². The van der Waals surface area contributed by atoms with Crippen molar-refractivity contribution in [3.63, 3.8) is 0 Å². The Labute approximate surface area is 129 Å². The van der Waals surface area contributed by atoms with E-state index in [-0.39, 0.29) is 0 Å². The van der Waals surface area contributed by atoms with E-state index >= 15 is 0 Å². The molecule has 0 aliphatic carbocycles. The maximum Gasteiger partial charge on any atom is 0.0537 e. The Bertz CT molecular complexity index is 536. The molecule has 0 spiro atoms. The van der Waals surface area contributed by atoms with Crippen molar-refractivity contribution < 1.29 is 0 Å². The van der Waals surface area contributed by atoms with Crippen molar-refractivity contribution in [3.05, 3.63) is 52.3 Å². The van der Waals surface area contributed by atoms with Gasteiger partial charge in [-0.1, -0.05) is 41.1 Å². The number of aromatic nitrogens is 2. The van der Waals surface area contributed by atoms with Gasteiger partial charge in [-0.05, 0) is 37.9 Å². The van der Waals surface area contributed by atoms with Crippen LogP contribution in [0.4, 0.5) is 0 Å². The molecule has 20 heavy (non-hydrogen) atoms. The lowest BCUT2D eigenvalue weighted by Crippen LogP contribution is -2.24. The molecule has 3 nitrogen and oxygen atoms in total. The van der Waals surface area contributed by atoms with E-state index < -0.39 is 0 Å². The molecule has 0 aliphatic heterocycles. The smallest absolute Gasteiger partial charge is 0.0537 e. The molecule has 1 N–H and O–H groups in total. The van der Waals surface area contributed by atoms with Crippen LogP contribution in [0, 0.1) is 0 Å². The number of nitrogens with zero attached hydrogens (tertiary/aromatic N) is 2. The van der Waals surface area contributed by atoms with Gasteiger partial charge in [0.05, 0.1) is 6.20 Å². The third-order valence-electron chi connectivity index (χ3n) is 3.40. The van der Waals surface area contributed by atoms with Crippen molar-refractivity contribution in [3.8, 4) is 0 Å². The number of rotatable bonds is 7. The fraction of sp³-hybridized carbons (Fsp3) is 0.438. The summed E-state index contributed by atoms with van der Waals surface area (Å²) in [5.74, 6) is 0. The van der Waals surface area contributed by atoms with Crippen LogP contribution in [0.1, 0.15) is 37.4 Å². The first kappa shape index (κ1) is 15.3. The van der Waals surface area contributed by atoms with E-state index in [0.29, 0.717) is 6.04 Å². The van der Waals surface area contributed by atoms with Crippen LogP contribution in [0.5, 0.6) is 0 Å². The molecule has 108 valence electrons. The zero-order valence-corrected chi connectivity index (χ0v) is 13.7. The van der Waals surface area contributed by atoms with E-state index in [4.69, 9.17) is 0 Å². The van der Waals surface area contributed by atoms with Crippen molar-refractivity contribution in [1.29, 1.82) is 0 Å². The Morgan fingerprint density at radius 1 is 1.30 bits per heavy atom. The van der Waals surface area contributed by atoms with Crippen LogP contribution in [0.25, 0.3) is 0 Å². The number of nitrogens with one attached hydrogen (secondary N) is 1. The average Bonchev–Trinajstić information content (AvgIpc) is 2.94. The van der Waals surface area contributed by atoms with Gasteiger partial charge in [-0.2, -0.15) is 5.10 Å². The standard InChI is InChI=1S/C16H22BrN3/c1-3-9-18-16(14-11-19-20(4-2)12-14)10-13-7-5-6-8-15(13)17/h5-8,11-12,16,18H,3-4,9-10H2,1-2H3. The fourth-order valence-electron chi connectivity index (χ4n) is 2.24. The third-order valence-corrected chi connectivity index (χ3v) is 4.18. The Kier molecular flexibility index (Phi) is 5.80. The topological polar surface area (TPSA) is 29.9 Å². The SMILES string of the molecule is CCCNC(Cc1ccccc1Br)c1cnn(CC)c1. The molecule has 1 heterocycles. The predicted octanol–water partition coefficient (Wildman–Crippen LogP) is 3.95. The lowest BCUT2D eigenvalue weighted by molar-refractivity contribution is 0.527. The highest BCUT2D eigenvalue weighted by Gasteiger charge is 2.14. The summed E-state index contributed by atoms with van der Waals surface area (Å²) >= 11 is 3.64. The van der Waals surface area contributed by atoms with Gasteiger partial charge < -0.3 is 5.32 Å². The lowest BCUT2D eigenvalue weighted by atomic mass is 10.0. The number of aryl methyl sites for hydroxylation is 1. The molecule has 4 heteroatoms. The average molecular weight is 336 g/mol. The second kappa shape index (κ2) is 7.60. The summed E-state index contributed by atoms with van der Waals surface area (Å²) in [6, 6.07) is 8.73. The molecule has 0 saturated carbocycles. The number of hydrogen-bond donors (Lipinski definition) is 1. The summed E-state index contributed by atoms with van der Waals surface area (Å²) in [4.78, 5) is 0. The molecule has 0 radical (unpaired) electrons. The molecule has 1 atom stereocenters. The third kappa shape index (κ3) is 3.93. The van der Waals surface area contributed by atoms with Crippen LogP contribution in [-0.4, -0.2) is 16.3 Å². The van der Waals surface area contributed by atoms with Gasteiger partial charge in [0.1, 0.15) is 0 Å². The van der Waals surface area contributed by atoms with E-state index in [1.54, 1.807) is 0 Å². The monoisotopic (exact) mass is 335 g/mol. The fourth-order valence-corrected chi connectivity index (χ4v) is 2.69. The molecular weight excluding hydrogens is 314 g/mol.